The van der Waals surface area contributed by atoms with Crippen molar-refractivity contribution in [1.82, 2.24) is 4.90 Å². The predicted octanol–water partition coefficient (Wildman–Crippen LogP) is 1.77. The SMILES string of the molecule is CCC(N)c1ccc2c(c1)N(CCCN(C)C)C(=O)CO2. The van der Waals surface area contributed by atoms with Crippen molar-refractivity contribution in [3.05, 3.63) is 23.8 Å². The maximum absolute atomic E-state index is 12.1. The lowest BCUT2D eigenvalue weighted by Gasteiger charge is -2.30. The fraction of sp³-hybridized carbons (Fsp3) is 0.562. The van der Waals surface area contributed by atoms with E-state index < -0.39 is 0 Å². The van der Waals surface area contributed by atoms with Gasteiger partial charge in [0.25, 0.3) is 5.91 Å². The summed E-state index contributed by atoms with van der Waals surface area (Å²) in [6, 6.07) is 5.90. The van der Waals surface area contributed by atoms with E-state index in [1.165, 1.54) is 0 Å². The summed E-state index contributed by atoms with van der Waals surface area (Å²) in [4.78, 5) is 16.1. The number of hydrogen-bond acceptors (Lipinski definition) is 4. The second kappa shape index (κ2) is 6.91. The molecule has 1 heterocycles. The monoisotopic (exact) mass is 291 g/mol. The maximum atomic E-state index is 12.1. The van der Waals surface area contributed by atoms with E-state index in [4.69, 9.17) is 10.5 Å². The first-order chi connectivity index (χ1) is 10.0. The van der Waals surface area contributed by atoms with Crippen LogP contribution in [0.2, 0.25) is 0 Å². The predicted molar refractivity (Wildman–Crippen MR) is 84.7 cm³/mol. The standard InChI is InChI=1S/C16H25N3O2/c1-4-13(17)12-6-7-15-14(10-12)19(16(20)11-21-15)9-5-8-18(2)3/h6-7,10,13H,4-5,8-9,11,17H2,1-3H3. The van der Waals surface area contributed by atoms with Crippen molar-refractivity contribution in [2.24, 2.45) is 5.73 Å². The Balaban J connectivity index is 2.21. The first kappa shape index (κ1) is 15.8. The van der Waals surface area contributed by atoms with Gasteiger partial charge in [0.1, 0.15) is 5.75 Å². The van der Waals surface area contributed by atoms with Crippen LogP contribution in [-0.4, -0.2) is 44.6 Å². The normalized spacial score (nSPS) is 15.9. The van der Waals surface area contributed by atoms with Crippen LogP contribution in [0.25, 0.3) is 0 Å². The van der Waals surface area contributed by atoms with Gasteiger partial charge in [0.15, 0.2) is 6.61 Å². The number of nitrogens with two attached hydrogens (primary N) is 1. The lowest BCUT2D eigenvalue weighted by molar-refractivity contribution is -0.121. The molecule has 0 bridgehead atoms. The van der Waals surface area contributed by atoms with Crippen LogP contribution in [0, 0.1) is 0 Å². The number of carbonyl (C=O) groups excluding carboxylic acids is 1. The van der Waals surface area contributed by atoms with Crippen LogP contribution in [-0.2, 0) is 4.79 Å². The van der Waals surface area contributed by atoms with E-state index in [0.717, 1.165) is 36.4 Å². The molecular formula is C16H25N3O2. The van der Waals surface area contributed by atoms with E-state index >= 15 is 0 Å². The smallest absolute Gasteiger partial charge is 0.265 e. The molecule has 0 saturated carbocycles. The Hall–Kier alpha value is -1.59. The van der Waals surface area contributed by atoms with Crippen LogP contribution in [0.3, 0.4) is 0 Å². The molecular weight excluding hydrogens is 266 g/mol. The molecule has 0 saturated heterocycles. The van der Waals surface area contributed by atoms with Gasteiger partial charge in [-0.1, -0.05) is 13.0 Å². The summed E-state index contributed by atoms with van der Waals surface area (Å²) < 4.78 is 5.52. The lowest BCUT2D eigenvalue weighted by Crippen LogP contribution is -2.40. The number of carbonyl (C=O) groups is 1. The van der Waals surface area contributed by atoms with Gasteiger partial charge < -0.3 is 20.3 Å². The molecule has 21 heavy (non-hydrogen) atoms. The van der Waals surface area contributed by atoms with Crippen LogP contribution >= 0.6 is 0 Å². The van der Waals surface area contributed by atoms with Gasteiger partial charge in [-0.2, -0.15) is 0 Å². The Labute approximate surface area is 126 Å². The highest BCUT2D eigenvalue weighted by Gasteiger charge is 2.25. The molecule has 1 aromatic rings. The van der Waals surface area contributed by atoms with Crippen molar-refractivity contribution >= 4 is 11.6 Å². The quantitative estimate of drug-likeness (QED) is 0.868. The molecule has 1 unspecified atom stereocenters. The van der Waals surface area contributed by atoms with E-state index in [1.54, 1.807) is 0 Å². The van der Waals surface area contributed by atoms with Crippen molar-refractivity contribution in [2.75, 3.05) is 38.7 Å². The average Bonchev–Trinajstić information content (AvgIpc) is 2.47. The Kier molecular flexibility index (Phi) is 5.20. The average molecular weight is 291 g/mol. The summed E-state index contributed by atoms with van der Waals surface area (Å²) >= 11 is 0. The molecule has 2 N–H and O–H groups in total. The van der Waals surface area contributed by atoms with Gasteiger partial charge in [-0.3, -0.25) is 4.79 Å². The number of benzene rings is 1. The van der Waals surface area contributed by atoms with Gasteiger partial charge in [-0.25, -0.2) is 0 Å². The van der Waals surface area contributed by atoms with E-state index in [9.17, 15) is 4.79 Å². The topological polar surface area (TPSA) is 58.8 Å². The highest BCUT2D eigenvalue weighted by Crippen LogP contribution is 2.34. The minimum Gasteiger partial charge on any atom is -0.482 e. The van der Waals surface area contributed by atoms with Gasteiger partial charge in [0, 0.05) is 12.6 Å². The molecule has 0 radical (unpaired) electrons. The van der Waals surface area contributed by atoms with Crippen LogP contribution in [0.4, 0.5) is 5.69 Å². The zero-order valence-corrected chi connectivity index (χ0v) is 13.1. The number of nitrogens with zero attached hydrogens (tertiary/aromatic N) is 2. The minimum absolute atomic E-state index is 0.00375. The van der Waals surface area contributed by atoms with E-state index in [1.807, 2.05) is 37.2 Å². The first-order valence-corrected chi connectivity index (χ1v) is 7.50. The minimum atomic E-state index is -0.00375. The summed E-state index contributed by atoms with van der Waals surface area (Å²) in [5, 5.41) is 0. The molecule has 0 aromatic heterocycles. The van der Waals surface area contributed by atoms with E-state index in [0.29, 0.717) is 6.54 Å². The van der Waals surface area contributed by atoms with Crippen molar-refractivity contribution in [3.8, 4) is 5.75 Å². The van der Waals surface area contributed by atoms with E-state index in [-0.39, 0.29) is 18.6 Å². The number of hydrogen-bond donors (Lipinski definition) is 1. The molecule has 1 aliphatic rings. The zero-order valence-electron chi connectivity index (χ0n) is 13.1. The van der Waals surface area contributed by atoms with Crippen molar-refractivity contribution < 1.29 is 9.53 Å². The fourth-order valence-electron chi connectivity index (χ4n) is 2.48. The first-order valence-electron chi connectivity index (χ1n) is 7.50. The zero-order chi connectivity index (χ0) is 15.4. The molecule has 0 fully saturated rings. The third-order valence-electron chi connectivity index (χ3n) is 3.78. The van der Waals surface area contributed by atoms with Gasteiger partial charge in [0.05, 0.1) is 5.69 Å². The number of fused-ring (bicyclic) bond motifs is 1. The Morgan fingerprint density at radius 3 is 2.86 bits per heavy atom. The van der Waals surface area contributed by atoms with Crippen molar-refractivity contribution in [1.29, 1.82) is 0 Å². The molecule has 2 rings (SSSR count). The number of ether oxygens (including phenoxy) is 1. The Bertz CT molecular complexity index is 502. The van der Waals surface area contributed by atoms with Gasteiger partial charge in [0.2, 0.25) is 0 Å². The van der Waals surface area contributed by atoms with Gasteiger partial charge in [-0.15, -0.1) is 0 Å². The molecule has 0 aliphatic carbocycles. The van der Waals surface area contributed by atoms with Gasteiger partial charge >= 0.3 is 0 Å². The number of rotatable bonds is 6. The molecule has 1 amide bonds. The summed E-state index contributed by atoms with van der Waals surface area (Å²) in [5.74, 6) is 0.787. The molecule has 116 valence electrons. The second-order valence-corrected chi connectivity index (χ2v) is 5.73. The Morgan fingerprint density at radius 2 is 2.19 bits per heavy atom. The second-order valence-electron chi connectivity index (χ2n) is 5.73. The largest absolute Gasteiger partial charge is 0.482 e. The van der Waals surface area contributed by atoms with Crippen LogP contribution < -0.4 is 15.4 Å². The summed E-state index contributed by atoms with van der Waals surface area (Å²) in [6.45, 7) is 3.83. The molecule has 1 aliphatic heterocycles. The summed E-state index contributed by atoms with van der Waals surface area (Å²) in [7, 11) is 4.07. The molecule has 5 heteroatoms. The highest BCUT2D eigenvalue weighted by molar-refractivity contribution is 5.97. The number of amides is 1. The lowest BCUT2D eigenvalue weighted by atomic mass is 10.0. The summed E-state index contributed by atoms with van der Waals surface area (Å²) in [6.07, 6.45) is 1.80. The fourth-order valence-corrected chi connectivity index (χ4v) is 2.48. The van der Waals surface area contributed by atoms with E-state index in [2.05, 4.69) is 11.8 Å². The van der Waals surface area contributed by atoms with Crippen LogP contribution in [0.15, 0.2) is 18.2 Å². The number of anilines is 1. The molecule has 1 atom stereocenters. The third-order valence-corrected chi connectivity index (χ3v) is 3.78. The maximum Gasteiger partial charge on any atom is 0.265 e. The van der Waals surface area contributed by atoms with Crippen LogP contribution in [0.5, 0.6) is 5.75 Å². The van der Waals surface area contributed by atoms with Crippen LogP contribution in [0.1, 0.15) is 31.4 Å². The van der Waals surface area contributed by atoms with Crippen molar-refractivity contribution in [3.63, 3.8) is 0 Å². The summed E-state index contributed by atoms with van der Waals surface area (Å²) in [5.41, 5.74) is 8.00. The van der Waals surface area contributed by atoms with Gasteiger partial charge in [-0.05, 0) is 51.2 Å². The highest BCUT2D eigenvalue weighted by atomic mass is 16.5. The Morgan fingerprint density at radius 1 is 1.43 bits per heavy atom. The molecule has 0 spiro atoms. The van der Waals surface area contributed by atoms with Crippen molar-refractivity contribution in [2.45, 2.75) is 25.8 Å². The molecule has 1 aromatic carbocycles. The molecule has 5 nitrogen and oxygen atoms in total. The third kappa shape index (κ3) is 3.74.